The number of hydrogen-bond donors (Lipinski definition) is 0. The molecule has 35 heavy (non-hydrogen) atoms. The Balaban J connectivity index is 0.000000656. The van der Waals surface area contributed by atoms with Gasteiger partial charge in [0.25, 0.3) is 0 Å². The molecule has 2 heterocycles. The van der Waals surface area contributed by atoms with E-state index in [0.29, 0.717) is 32.5 Å². The minimum Gasteiger partial charge on any atom is -0.322 e. The van der Waals surface area contributed by atoms with Crippen molar-refractivity contribution >= 4 is 6.03 Å². The van der Waals surface area contributed by atoms with Crippen molar-refractivity contribution in [2.24, 2.45) is 5.92 Å². The summed E-state index contributed by atoms with van der Waals surface area (Å²) in [5.41, 5.74) is 6.41. The van der Waals surface area contributed by atoms with Gasteiger partial charge in [-0.15, -0.1) is 0 Å². The zero-order valence-electron chi connectivity index (χ0n) is 21.1. The van der Waals surface area contributed by atoms with Crippen LogP contribution in [0.1, 0.15) is 50.8 Å². The van der Waals surface area contributed by atoms with Gasteiger partial charge in [0.2, 0.25) is 0 Å². The minimum absolute atomic E-state index is 0.0171. The number of hydrogen-bond acceptors (Lipinski definition) is 2. The van der Waals surface area contributed by atoms with Crippen molar-refractivity contribution in [3.63, 3.8) is 0 Å². The monoisotopic (exact) mass is 473 g/mol. The van der Waals surface area contributed by atoms with Crippen LogP contribution >= 0.6 is 0 Å². The third-order valence-corrected chi connectivity index (χ3v) is 6.58. The quantitative estimate of drug-likeness (QED) is 0.479. The number of urea groups is 1. The number of amides is 2. The topological polar surface area (TPSA) is 36.4 Å². The van der Waals surface area contributed by atoms with Crippen LogP contribution < -0.4 is 0 Å². The third-order valence-electron chi connectivity index (χ3n) is 6.58. The summed E-state index contributed by atoms with van der Waals surface area (Å²) >= 11 is 0. The van der Waals surface area contributed by atoms with Crippen LogP contribution in [0.3, 0.4) is 0 Å². The van der Waals surface area contributed by atoms with Gasteiger partial charge in [0.1, 0.15) is 5.83 Å². The summed E-state index contributed by atoms with van der Waals surface area (Å²) in [6.45, 7) is 5.97. The lowest BCUT2D eigenvalue weighted by Crippen LogP contribution is -2.39. The fraction of sp³-hybridized carbons (Fsp3) is 0.400. The molecule has 4 aliphatic rings. The Hall–Kier alpha value is -3.21. The largest absolute Gasteiger partial charge is 0.322 e. The second-order valence-electron chi connectivity index (χ2n) is 10.1. The molecule has 0 spiro atoms. The smallest absolute Gasteiger partial charge is 0.320 e. The van der Waals surface area contributed by atoms with Gasteiger partial charge in [0.15, 0.2) is 0 Å². The van der Waals surface area contributed by atoms with Gasteiger partial charge in [-0.05, 0) is 65.7 Å². The highest BCUT2D eigenvalue weighted by atomic mass is 19.1. The molecule has 184 valence electrons. The van der Waals surface area contributed by atoms with Crippen LogP contribution in [-0.2, 0) is 13.0 Å². The zero-order chi connectivity index (χ0) is 24.8. The van der Waals surface area contributed by atoms with Gasteiger partial charge in [-0.2, -0.15) is 0 Å². The molecule has 2 amide bonds. The summed E-state index contributed by atoms with van der Waals surface area (Å²) in [7, 11) is 1.82. The lowest BCUT2D eigenvalue weighted by atomic mass is 10.0. The average molecular weight is 474 g/mol. The first-order valence-corrected chi connectivity index (χ1v) is 12.6. The van der Waals surface area contributed by atoms with Crippen LogP contribution in [0.15, 0.2) is 89.0 Å². The number of pyridine rings is 1. The van der Waals surface area contributed by atoms with Gasteiger partial charge in [-0.25, -0.2) is 9.18 Å². The first-order valence-electron chi connectivity index (χ1n) is 12.6. The van der Waals surface area contributed by atoms with Crippen molar-refractivity contribution in [2.75, 3.05) is 20.1 Å². The van der Waals surface area contributed by atoms with Crippen LogP contribution in [-0.4, -0.2) is 41.0 Å². The molecule has 1 aliphatic heterocycles. The standard InChI is InChI=1S/C26H28FN3O.C4H8/c1-19-12-20(8-10-24(27)13-19)14-21-9-11-25(28-15-21)18-29(2)26(31)30-16-22-6-4-3-5-7-23(22)17-30;1-4-2-3-4/h3-4,6-9,11-13,15H,5,10,14,16-18H2,1-2H3;4H,2-3H2,1H3. The van der Waals surface area contributed by atoms with E-state index in [1.165, 1.54) is 24.0 Å². The second-order valence-corrected chi connectivity index (χ2v) is 10.1. The summed E-state index contributed by atoms with van der Waals surface area (Å²) in [5, 5.41) is 0. The van der Waals surface area contributed by atoms with E-state index in [1.807, 2.05) is 49.4 Å². The summed E-state index contributed by atoms with van der Waals surface area (Å²) in [6, 6.07) is 4.02. The predicted octanol–water partition coefficient (Wildman–Crippen LogP) is 6.85. The number of rotatable bonds is 4. The average Bonchev–Trinajstić information content (AvgIpc) is 3.59. The molecular formula is C30H36FN3O. The molecule has 0 aromatic carbocycles. The summed E-state index contributed by atoms with van der Waals surface area (Å²) < 4.78 is 13.6. The molecule has 4 nitrogen and oxygen atoms in total. The molecule has 0 N–H and O–H groups in total. The van der Waals surface area contributed by atoms with Crippen molar-refractivity contribution in [1.82, 2.24) is 14.8 Å². The summed E-state index contributed by atoms with van der Waals surface area (Å²) in [5.74, 6) is 0.974. The molecule has 0 unspecified atom stereocenters. The molecule has 0 radical (unpaired) electrons. The van der Waals surface area contributed by atoms with E-state index >= 15 is 0 Å². The lowest BCUT2D eigenvalue weighted by molar-refractivity contribution is 0.172. The Morgan fingerprint density at radius 2 is 1.94 bits per heavy atom. The molecule has 1 saturated heterocycles. The Labute approximate surface area is 208 Å². The van der Waals surface area contributed by atoms with E-state index < -0.39 is 0 Å². The van der Waals surface area contributed by atoms with Gasteiger partial charge < -0.3 is 9.80 Å². The number of nitrogens with zero attached hydrogens (tertiary/aromatic N) is 3. The molecule has 2 fully saturated rings. The van der Waals surface area contributed by atoms with Crippen LogP contribution in [0.25, 0.3) is 0 Å². The van der Waals surface area contributed by atoms with Gasteiger partial charge in [0, 0.05) is 32.8 Å². The van der Waals surface area contributed by atoms with E-state index in [-0.39, 0.29) is 11.9 Å². The van der Waals surface area contributed by atoms with E-state index in [2.05, 4.69) is 36.2 Å². The van der Waals surface area contributed by atoms with E-state index in [0.717, 1.165) is 34.7 Å². The van der Waals surface area contributed by atoms with E-state index in [1.54, 1.807) is 11.0 Å². The van der Waals surface area contributed by atoms with Gasteiger partial charge in [-0.1, -0.05) is 62.3 Å². The zero-order valence-corrected chi connectivity index (χ0v) is 21.1. The van der Waals surface area contributed by atoms with Crippen molar-refractivity contribution in [1.29, 1.82) is 0 Å². The second kappa shape index (κ2) is 11.5. The fourth-order valence-corrected chi connectivity index (χ4v) is 4.29. The van der Waals surface area contributed by atoms with Crippen LogP contribution in [0.5, 0.6) is 0 Å². The molecule has 0 bridgehead atoms. The van der Waals surface area contributed by atoms with Crippen LogP contribution in [0.4, 0.5) is 9.18 Å². The Morgan fingerprint density at radius 1 is 1.17 bits per heavy atom. The number of halogens is 1. The van der Waals surface area contributed by atoms with Crippen molar-refractivity contribution in [2.45, 2.75) is 52.5 Å². The maximum absolute atomic E-state index is 13.6. The first-order chi connectivity index (χ1) is 16.9. The molecule has 0 atom stereocenters. The van der Waals surface area contributed by atoms with Crippen LogP contribution in [0, 0.1) is 5.92 Å². The summed E-state index contributed by atoms with van der Waals surface area (Å²) in [6.07, 6.45) is 20.8. The molecule has 1 saturated carbocycles. The Bertz CT molecular complexity index is 1120. The van der Waals surface area contributed by atoms with Gasteiger partial charge >= 0.3 is 6.03 Å². The molecule has 5 heteroatoms. The van der Waals surface area contributed by atoms with Crippen molar-refractivity contribution < 1.29 is 9.18 Å². The normalized spacial score (nSPS) is 19.1. The highest BCUT2D eigenvalue weighted by Gasteiger charge is 2.27. The van der Waals surface area contributed by atoms with Crippen molar-refractivity contribution in [3.8, 4) is 0 Å². The molecule has 1 aromatic heterocycles. The number of aromatic nitrogens is 1. The number of carbonyl (C=O) groups is 1. The fourth-order valence-electron chi connectivity index (χ4n) is 4.29. The summed E-state index contributed by atoms with van der Waals surface area (Å²) in [4.78, 5) is 21.1. The molecular weight excluding hydrogens is 437 g/mol. The third kappa shape index (κ3) is 7.38. The molecule has 5 rings (SSSR count). The highest BCUT2D eigenvalue weighted by molar-refractivity contribution is 5.76. The highest BCUT2D eigenvalue weighted by Crippen LogP contribution is 2.27. The number of allylic oxidation sites excluding steroid dienone is 10. The SMILES string of the molecule is CC1=CC(Cc2ccc(CN(C)C(=O)N3CC4=CC=CCC=C4C3)nc2)=CCC(F)=C1.CC1CC1. The maximum Gasteiger partial charge on any atom is 0.320 e. The van der Waals surface area contributed by atoms with Crippen molar-refractivity contribution in [3.05, 3.63) is 100 Å². The number of carbonyl (C=O) groups excluding carboxylic acids is 1. The Kier molecular flexibility index (Phi) is 8.17. The molecule has 1 aromatic rings. The van der Waals surface area contributed by atoms with Crippen LogP contribution in [0.2, 0.25) is 0 Å². The lowest BCUT2D eigenvalue weighted by Gasteiger charge is -2.23. The minimum atomic E-state index is -0.109. The number of fused-ring (bicyclic) bond motifs is 1. The predicted molar refractivity (Wildman–Crippen MR) is 140 cm³/mol. The first kappa shape index (κ1) is 24.9. The van der Waals surface area contributed by atoms with Gasteiger partial charge in [-0.3, -0.25) is 4.98 Å². The maximum atomic E-state index is 13.6. The van der Waals surface area contributed by atoms with E-state index in [9.17, 15) is 9.18 Å². The molecule has 3 aliphatic carbocycles. The van der Waals surface area contributed by atoms with E-state index in [4.69, 9.17) is 0 Å². The number of likely N-dealkylation sites (tertiary alicyclic amines) is 1. The Morgan fingerprint density at radius 3 is 2.66 bits per heavy atom. The van der Waals surface area contributed by atoms with Gasteiger partial charge in [0.05, 0.1) is 12.2 Å².